The lowest BCUT2D eigenvalue weighted by molar-refractivity contribution is 0.174. The van der Waals surface area contributed by atoms with E-state index in [1.54, 1.807) is 17.5 Å². The fourth-order valence-corrected chi connectivity index (χ4v) is 3.21. The summed E-state index contributed by atoms with van der Waals surface area (Å²) in [6, 6.07) is 9.86. The first-order chi connectivity index (χ1) is 10.3. The summed E-state index contributed by atoms with van der Waals surface area (Å²) >= 11 is 1.64. The van der Waals surface area contributed by atoms with Gasteiger partial charge in [-0.2, -0.15) is 0 Å². The number of thiazole rings is 1. The second kappa shape index (κ2) is 4.89. The standard InChI is InChI=1S/C15H13N3O2S/c1-18(8-10-4-2-3-5-16-10)15-17-11-6-12-13(20-9-19-12)7-14(11)21-15/h2-7H,8-9H2,1H3. The minimum absolute atomic E-state index is 0.291. The van der Waals surface area contributed by atoms with Crippen LogP contribution in [0.1, 0.15) is 5.69 Å². The smallest absolute Gasteiger partial charge is 0.231 e. The van der Waals surface area contributed by atoms with Gasteiger partial charge in [0.05, 0.1) is 22.5 Å². The molecule has 0 aliphatic carbocycles. The fourth-order valence-electron chi connectivity index (χ4n) is 2.27. The number of hydrogen-bond acceptors (Lipinski definition) is 6. The van der Waals surface area contributed by atoms with Crippen LogP contribution in [0.2, 0.25) is 0 Å². The van der Waals surface area contributed by atoms with E-state index in [1.165, 1.54) is 0 Å². The van der Waals surface area contributed by atoms with Gasteiger partial charge < -0.3 is 14.4 Å². The summed E-state index contributed by atoms with van der Waals surface area (Å²) in [5.74, 6) is 1.57. The Morgan fingerprint density at radius 2 is 2.10 bits per heavy atom. The van der Waals surface area contributed by atoms with Crippen LogP contribution in [0.3, 0.4) is 0 Å². The third-order valence-corrected chi connectivity index (χ3v) is 4.46. The van der Waals surface area contributed by atoms with Crippen molar-refractivity contribution in [2.45, 2.75) is 6.54 Å². The molecule has 0 saturated heterocycles. The highest BCUT2D eigenvalue weighted by Gasteiger charge is 2.17. The molecule has 0 bridgehead atoms. The minimum Gasteiger partial charge on any atom is -0.454 e. The van der Waals surface area contributed by atoms with Gasteiger partial charge in [-0.05, 0) is 12.1 Å². The lowest BCUT2D eigenvalue weighted by Crippen LogP contribution is -2.16. The van der Waals surface area contributed by atoms with Crippen LogP contribution < -0.4 is 14.4 Å². The first kappa shape index (κ1) is 12.4. The van der Waals surface area contributed by atoms with E-state index in [4.69, 9.17) is 9.47 Å². The van der Waals surface area contributed by atoms with Crippen LogP contribution in [0.15, 0.2) is 36.5 Å². The highest BCUT2D eigenvalue weighted by atomic mass is 32.1. The third kappa shape index (κ3) is 2.27. The Labute approximate surface area is 125 Å². The van der Waals surface area contributed by atoms with Gasteiger partial charge in [-0.25, -0.2) is 4.98 Å². The van der Waals surface area contributed by atoms with E-state index in [9.17, 15) is 0 Å². The summed E-state index contributed by atoms with van der Waals surface area (Å²) in [5.41, 5.74) is 1.96. The van der Waals surface area contributed by atoms with Crippen molar-refractivity contribution in [3.8, 4) is 11.5 Å². The van der Waals surface area contributed by atoms with E-state index in [1.807, 2.05) is 37.4 Å². The van der Waals surface area contributed by atoms with Crippen LogP contribution in [0.4, 0.5) is 5.13 Å². The summed E-state index contributed by atoms with van der Waals surface area (Å²) in [7, 11) is 2.02. The normalized spacial score (nSPS) is 12.8. The molecule has 0 atom stereocenters. The van der Waals surface area contributed by atoms with Crippen LogP contribution in [-0.4, -0.2) is 23.8 Å². The number of ether oxygens (including phenoxy) is 2. The topological polar surface area (TPSA) is 47.5 Å². The maximum Gasteiger partial charge on any atom is 0.231 e. The lowest BCUT2D eigenvalue weighted by atomic mass is 10.3. The Morgan fingerprint density at radius 1 is 1.24 bits per heavy atom. The Bertz CT molecular complexity index is 747. The van der Waals surface area contributed by atoms with Crippen LogP contribution in [0, 0.1) is 0 Å². The first-order valence-electron chi connectivity index (χ1n) is 6.61. The number of fused-ring (bicyclic) bond motifs is 2. The molecule has 0 amide bonds. The average molecular weight is 299 g/mol. The number of nitrogens with zero attached hydrogens (tertiary/aromatic N) is 3. The monoisotopic (exact) mass is 299 g/mol. The van der Waals surface area contributed by atoms with Gasteiger partial charge in [0.15, 0.2) is 16.6 Å². The number of pyridine rings is 1. The number of benzene rings is 1. The second-order valence-electron chi connectivity index (χ2n) is 4.85. The highest BCUT2D eigenvalue weighted by molar-refractivity contribution is 7.22. The zero-order chi connectivity index (χ0) is 14.2. The van der Waals surface area contributed by atoms with Gasteiger partial charge in [0.2, 0.25) is 6.79 Å². The molecular formula is C15H13N3O2S. The average Bonchev–Trinajstić information content (AvgIpc) is 3.11. The van der Waals surface area contributed by atoms with E-state index < -0.39 is 0 Å². The maximum atomic E-state index is 5.40. The van der Waals surface area contributed by atoms with Gasteiger partial charge in [-0.1, -0.05) is 17.4 Å². The molecule has 0 spiro atoms. The van der Waals surface area contributed by atoms with Crippen molar-refractivity contribution in [2.75, 3.05) is 18.7 Å². The molecule has 3 heterocycles. The Balaban J connectivity index is 1.64. The van der Waals surface area contributed by atoms with E-state index >= 15 is 0 Å². The molecule has 0 unspecified atom stereocenters. The molecule has 1 aromatic carbocycles. The van der Waals surface area contributed by atoms with Crippen molar-refractivity contribution in [1.29, 1.82) is 0 Å². The number of anilines is 1. The van der Waals surface area contributed by atoms with Crippen molar-refractivity contribution in [2.24, 2.45) is 0 Å². The number of rotatable bonds is 3. The van der Waals surface area contributed by atoms with Crippen LogP contribution in [0.25, 0.3) is 10.2 Å². The fraction of sp³-hybridized carbons (Fsp3) is 0.200. The second-order valence-corrected chi connectivity index (χ2v) is 5.86. The van der Waals surface area contributed by atoms with Gasteiger partial charge in [-0.15, -0.1) is 0 Å². The molecule has 6 heteroatoms. The van der Waals surface area contributed by atoms with Crippen LogP contribution in [-0.2, 0) is 6.54 Å². The van der Waals surface area contributed by atoms with E-state index in [0.717, 1.165) is 39.1 Å². The summed E-state index contributed by atoms with van der Waals surface area (Å²) in [6.07, 6.45) is 1.81. The third-order valence-electron chi connectivity index (χ3n) is 3.32. The van der Waals surface area contributed by atoms with Crippen molar-refractivity contribution in [3.63, 3.8) is 0 Å². The predicted molar refractivity (Wildman–Crippen MR) is 82.1 cm³/mol. The molecule has 3 aromatic rings. The van der Waals surface area contributed by atoms with Gasteiger partial charge >= 0.3 is 0 Å². The quantitative estimate of drug-likeness (QED) is 0.744. The summed E-state index contributed by atoms with van der Waals surface area (Å²) in [6.45, 7) is 1.02. The molecule has 1 aliphatic heterocycles. The molecule has 21 heavy (non-hydrogen) atoms. The molecule has 2 aromatic heterocycles. The van der Waals surface area contributed by atoms with Crippen molar-refractivity contribution >= 4 is 26.7 Å². The molecule has 0 radical (unpaired) electrons. The van der Waals surface area contributed by atoms with Crippen molar-refractivity contribution in [1.82, 2.24) is 9.97 Å². The summed E-state index contributed by atoms with van der Waals surface area (Å²) in [5, 5.41) is 0.958. The highest BCUT2D eigenvalue weighted by Crippen LogP contribution is 2.39. The molecule has 0 fully saturated rings. The van der Waals surface area contributed by atoms with Gasteiger partial charge in [0.1, 0.15) is 0 Å². The zero-order valence-corrected chi connectivity index (χ0v) is 12.3. The summed E-state index contributed by atoms with van der Waals surface area (Å²) < 4.78 is 11.9. The van der Waals surface area contributed by atoms with E-state index in [2.05, 4.69) is 14.9 Å². The van der Waals surface area contributed by atoms with Crippen molar-refractivity contribution in [3.05, 3.63) is 42.2 Å². The molecule has 1 aliphatic rings. The van der Waals surface area contributed by atoms with Gasteiger partial charge in [0.25, 0.3) is 0 Å². The molecule has 0 saturated carbocycles. The van der Waals surface area contributed by atoms with Crippen LogP contribution >= 0.6 is 11.3 Å². The zero-order valence-electron chi connectivity index (χ0n) is 11.4. The van der Waals surface area contributed by atoms with Gasteiger partial charge in [-0.3, -0.25) is 4.98 Å². The number of aromatic nitrogens is 2. The molecular weight excluding hydrogens is 286 g/mol. The predicted octanol–water partition coefficient (Wildman–Crippen LogP) is 3.06. The lowest BCUT2D eigenvalue weighted by Gasteiger charge is -2.14. The van der Waals surface area contributed by atoms with Crippen LogP contribution in [0.5, 0.6) is 11.5 Å². The SMILES string of the molecule is CN(Cc1ccccn1)c1nc2cc3c(cc2s1)OCO3. The number of hydrogen-bond donors (Lipinski definition) is 0. The van der Waals surface area contributed by atoms with E-state index in [-0.39, 0.29) is 0 Å². The Kier molecular flexibility index (Phi) is 2.89. The van der Waals surface area contributed by atoms with Crippen molar-refractivity contribution < 1.29 is 9.47 Å². The minimum atomic E-state index is 0.291. The molecule has 4 rings (SSSR count). The first-order valence-corrected chi connectivity index (χ1v) is 7.42. The maximum absolute atomic E-state index is 5.40. The molecule has 5 nitrogen and oxygen atoms in total. The summed E-state index contributed by atoms with van der Waals surface area (Å²) in [4.78, 5) is 11.1. The Hall–Kier alpha value is -2.34. The molecule has 106 valence electrons. The Morgan fingerprint density at radius 3 is 2.90 bits per heavy atom. The van der Waals surface area contributed by atoms with Gasteiger partial charge in [0, 0.05) is 25.4 Å². The molecule has 0 N–H and O–H groups in total. The van der Waals surface area contributed by atoms with E-state index in [0.29, 0.717) is 6.79 Å². The largest absolute Gasteiger partial charge is 0.454 e.